The van der Waals surface area contributed by atoms with Gasteiger partial charge in [0.2, 0.25) is 5.91 Å². The molecule has 0 N–H and O–H groups in total. The molecule has 0 radical (unpaired) electrons. The number of hydrogen-bond donors (Lipinski definition) is 0. The Balaban J connectivity index is 1.48. The number of likely N-dealkylation sites (tertiary alicyclic amines) is 1. The molecule has 1 aromatic carbocycles. The number of amides is 1. The first-order chi connectivity index (χ1) is 13.1. The molecule has 0 aromatic heterocycles. The van der Waals surface area contributed by atoms with Crippen molar-refractivity contribution in [2.75, 3.05) is 51.3 Å². The molecule has 2 heterocycles. The lowest BCUT2D eigenvalue weighted by Crippen LogP contribution is -2.55. The molecule has 7 heteroatoms. The lowest BCUT2D eigenvalue weighted by Gasteiger charge is -2.44. The Hall–Kier alpha value is -2.15. The number of carbonyl (C=O) groups is 2. The first kappa shape index (κ1) is 19.6. The molecule has 1 aromatic rings. The number of esters is 1. The summed E-state index contributed by atoms with van der Waals surface area (Å²) in [7, 11) is 1.34. The summed E-state index contributed by atoms with van der Waals surface area (Å²) in [6, 6.07) is 7.03. The summed E-state index contributed by atoms with van der Waals surface area (Å²) in [5.74, 6) is -0.513. The Morgan fingerprint density at radius 2 is 1.78 bits per heavy atom. The number of piperazine rings is 1. The Labute approximate surface area is 159 Å². The maximum Gasteiger partial charge on any atom is 0.306 e. The lowest BCUT2D eigenvalue weighted by atomic mass is 10.0. The van der Waals surface area contributed by atoms with Gasteiger partial charge >= 0.3 is 5.97 Å². The maximum absolute atomic E-state index is 13.1. The van der Waals surface area contributed by atoms with Crippen LogP contribution in [-0.2, 0) is 14.3 Å². The minimum atomic E-state index is -0.339. The Bertz CT molecular complexity index is 644. The summed E-state index contributed by atoms with van der Waals surface area (Å²) < 4.78 is 17.7. The standard InChI is InChI=1S/C20H28FN3O3/c1-27-20(26)9-8-19(25)24-10-2-3-18(15-24)23-13-11-22(12-14-23)17-6-4-16(21)5-7-17/h4-7,18H,2-3,8-15H2,1H3/t18-/m1/s1. The molecule has 2 aliphatic rings. The topological polar surface area (TPSA) is 53.1 Å². The van der Waals surface area contributed by atoms with E-state index >= 15 is 0 Å². The van der Waals surface area contributed by atoms with E-state index in [0.29, 0.717) is 6.04 Å². The number of rotatable bonds is 5. The molecule has 27 heavy (non-hydrogen) atoms. The molecule has 148 valence electrons. The molecule has 3 rings (SSSR count). The summed E-state index contributed by atoms with van der Waals surface area (Å²) in [6.07, 6.45) is 2.45. The first-order valence-corrected chi connectivity index (χ1v) is 9.66. The van der Waals surface area contributed by atoms with E-state index < -0.39 is 0 Å². The molecular weight excluding hydrogens is 349 g/mol. The van der Waals surface area contributed by atoms with Crippen molar-refractivity contribution >= 4 is 17.6 Å². The number of carbonyl (C=O) groups excluding carboxylic acids is 2. The Morgan fingerprint density at radius 3 is 2.44 bits per heavy atom. The molecule has 2 aliphatic heterocycles. The fourth-order valence-electron chi connectivity index (χ4n) is 3.95. The van der Waals surface area contributed by atoms with E-state index in [1.54, 1.807) is 0 Å². The number of halogens is 1. The van der Waals surface area contributed by atoms with E-state index in [9.17, 15) is 14.0 Å². The Morgan fingerprint density at radius 1 is 1.07 bits per heavy atom. The largest absolute Gasteiger partial charge is 0.469 e. The van der Waals surface area contributed by atoms with Crippen LogP contribution < -0.4 is 4.90 Å². The minimum Gasteiger partial charge on any atom is -0.469 e. The van der Waals surface area contributed by atoms with Gasteiger partial charge in [-0.15, -0.1) is 0 Å². The van der Waals surface area contributed by atoms with Gasteiger partial charge in [-0.1, -0.05) is 0 Å². The third-order valence-corrected chi connectivity index (χ3v) is 5.54. The van der Waals surface area contributed by atoms with Crippen molar-refractivity contribution in [1.82, 2.24) is 9.80 Å². The van der Waals surface area contributed by atoms with E-state index in [-0.39, 0.29) is 30.5 Å². The van der Waals surface area contributed by atoms with Crippen molar-refractivity contribution in [3.05, 3.63) is 30.1 Å². The van der Waals surface area contributed by atoms with Gasteiger partial charge in [0.15, 0.2) is 0 Å². The normalized spacial score (nSPS) is 21.2. The highest BCUT2D eigenvalue weighted by Crippen LogP contribution is 2.21. The third kappa shape index (κ3) is 5.19. The third-order valence-electron chi connectivity index (χ3n) is 5.54. The van der Waals surface area contributed by atoms with Crippen LogP contribution in [0.25, 0.3) is 0 Å². The van der Waals surface area contributed by atoms with Crippen LogP contribution in [-0.4, -0.2) is 74.1 Å². The monoisotopic (exact) mass is 377 g/mol. The number of ether oxygens (including phenoxy) is 1. The summed E-state index contributed by atoms with van der Waals surface area (Å²) in [5.41, 5.74) is 1.05. The van der Waals surface area contributed by atoms with Gasteiger partial charge in [-0.25, -0.2) is 4.39 Å². The average molecular weight is 377 g/mol. The SMILES string of the molecule is COC(=O)CCC(=O)N1CCC[C@@H](N2CCN(c3ccc(F)cc3)CC2)C1. The highest BCUT2D eigenvalue weighted by molar-refractivity contribution is 5.81. The van der Waals surface area contributed by atoms with Gasteiger partial charge in [0, 0.05) is 57.4 Å². The van der Waals surface area contributed by atoms with E-state index in [1.807, 2.05) is 17.0 Å². The predicted octanol–water partition coefficient (Wildman–Crippen LogP) is 1.89. The zero-order valence-electron chi connectivity index (χ0n) is 15.9. The molecule has 0 aliphatic carbocycles. The van der Waals surface area contributed by atoms with Gasteiger partial charge in [-0.05, 0) is 37.1 Å². The van der Waals surface area contributed by atoms with E-state index in [2.05, 4.69) is 14.5 Å². The summed E-state index contributed by atoms with van der Waals surface area (Å²) >= 11 is 0. The van der Waals surface area contributed by atoms with Gasteiger partial charge < -0.3 is 14.5 Å². The number of anilines is 1. The first-order valence-electron chi connectivity index (χ1n) is 9.66. The van der Waals surface area contributed by atoms with Crippen molar-refractivity contribution in [3.8, 4) is 0 Å². The molecule has 0 bridgehead atoms. The zero-order valence-corrected chi connectivity index (χ0v) is 15.9. The van der Waals surface area contributed by atoms with Gasteiger partial charge in [-0.3, -0.25) is 14.5 Å². The van der Waals surface area contributed by atoms with E-state index in [0.717, 1.165) is 57.8 Å². The molecule has 1 amide bonds. The molecular formula is C20H28FN3O3. The molecule has 6 nitrogen and oxygen atoms in total. The number of piperidine rings is 1. The average Bonchev–Trinajstić information content (AvgIpc) is 2.72. The quantitative estimate of drug-likeness (QED) is 0.734. The highest BCUT2D eigenvalue weighted by Gasteiger charge is 2.30. The molecule has 1 atom stereocenters. The van der Waals surface area contributed by atoms with Crippen molar-refractivity contribution in [3.63, 3.8) is 0 Å². The predicted molar refractivity (Wildman–Crippen MR) is 101 cm³/mol. The zero-order chi connectivity index (χ0) is 19.2. The van der Waals surface area contributed by atoms with Crippen LogP contribution >= 0.6 is 0 Å². The smallest absolute Gasteiger partial charge is 0.306 e. The summed E-state index contributed by atoms with van der Waals surface area (Å²) in [5, 5.41) is 0. The van der Waals surface area contributed by atoms with Crippen LogP contribution in [0.3, 0.4) is 0 Å². The molecule has 0 saturated carbocycles. The van der Waals surface area contributed by atoms with Crippen LogP contribution in [0.5, 0.6) is 0 Å². The molecule has 0 unspecified atom stereocenters. The van der Waals surface area contributed by atoms with Gasteiger partial charge in [0.25, 0.3) is 0 Å². The van der Waals surface area contributed by atoms with E-state index in [4.69, 9.17) is 0 Å². The van der Waals surface area contributed by atoms with Crippen molar-refractivity contribution in [1.29, 1.82) is 0 Å². The molecule has 2 saturated heterocycles. The van der Waals surface area contributed by atoms with E-state index in [1.165, 1.54) is 19.2 Å². The molecule has 0 spiro atoms. The number of hydrogen-bond acceptors (Lipinski definition) is 5. The fourth-order valence-corrected chi connectivity index (χ4v) is 3.95. The van der Waals surface area contributed by atoms with Gasteiger partial charge in [0.05, 0.1) is 13.5 Å². The number of benzene rings is 1. The van der Waals surface area contributed by atoms with Crippen molar-refractivity contribution in [2.24, 2.45) is 0 Å². The molecule has 2 fully saturated rings. The second-order valence-corrected chi connectivity index (χ2v) is 7.21. The number of nitrogens with zero attached hydrogens (tertiary/aromatic N) is 3. The highest BCUT2D eigenvalue weighted by atomic mass is 19.1. The van der Waals surface area contributed by atoms with Crippen LogP contribution in [0.4, 0.5) is 10.1 Å². The Kier molecular flexibility index (Phi) is 6.66. The second-order valence-electron chi connectivity index (χ2n) is 7.21. The number of methoxy groups -OCH3 is 1. The van der Waals surface area contributed by atoms with Crippen LogP contribution in [0.15, 0.2) is 24.3 Å². The van der Waals surface area contributed by atoms with Crippen molar-refractivity contribution in [2.45, 2.75) is 31.7 Å². The maximum atomic E-state index is 13.1. The van der Waals surface area contributed by atoms with Gasteiger partial charge in [-0.2, -0.15) is 0 Å². The fraction of sp³-hybridized carbons (Fsp3) is 0.600. The van der Waals surface area contributed by atoms with Crippen molar-refractivity contribution < 1.29 is 18.7 Å². The van der Waals surface area contributed by atoms with Crippen LogP contribution in [0.1, 0.15) is 25.7 Å². The minimum absolute atomic E-state index is 0.0371. The van der Waals surface area contributed by atoms with Crippen LogP contribution in [0, 0.1) is 5.82 Å². The summed E-state index contributed by atoms with van der Waals surface area (Å²) in [6.45, 7) is 5.18. The second kappa shape index (κ2) is 9.17. The summed E-state index contributed by atoms with van der Waals surface area (Å²) in [4.78, 5) is 30.2. The van der Waals surface area contributed by atoms with Crippen LogP contribution in [0.2, 0.25) is 0 Å². The van der Waals surface area contributed by atoms with Gasteiger partial charge in [0.1, 0.15) is 5.82 Å². The lowest BCUT2D eigenvalue weighted by molar-refractivity contribution is -0.144.